The fourth-order valence-electron chi connectivity index (χ4n) is 4.46. The Bertz CT molecular complexity index is 836. The highest BCUT2D eigenvalue weighted by Crippen LogP contribution is 2.39. The number of hydrogen-bond donors (Lipinski definition) is 1. The van der Waals surface area contributed by atoms with E-state index in [1.54, 1.807) is 0 Å². The monoisotopic (exact) mass is 363 g/mol. The van der Waals surface area contributed by atoms with Gasteiger partial charge in [0.05, 0.1) is 26.2 Å². The van der Waals surface area contributed by atoms with Gasteiger partial charge in [0.2, 0.25) is 5.78 Å². The van der Waals surface area contributed by atoms with Gasteiger partial charge in [-0.1, -0.05) is 43.0 Å². The zero-order valence-corrected chi connectivity index (χ0v) is 16.8. The molecule has 0 radical (unpaired) electrons. The van der Waals surface area contributed by atoms with Gasteiger partial charge < -0.3 is 9.80 Å². The van der Waals surface area contributed by atoms with Crippen LogP contribution in [0.15, 0.2) is 55.1 Å². The van der Waals surface area contributed by atoms with Crippen LogP contribution in [0.3, 0.4) is 0 Å². The molecule has 0 amide bonds. The number of carbonyl (C=O) groups is 1. The number of benzene rings is 2. The molecule has 0 saturated carbocycles. The minimum atomic E-state index is -0.0509. The van der Waals surface area contributed by atoms with Crippen molar-refractivity contribution in [3.05, 3.63) is 66.2 Å². The van der Waals surface area contributed by atoms with Crippen molar-refractivity contribution in [1.82, 2.24) is 0 Å². The number of ketones is 1. The summed E-state index contributed by atoms with van der Waals surface area (Å²) in [6.07, 6.45) is 2.46. The topological polar surface area (TPSA) is 29.1 Å². The Labute approximate surface area is 163 Å². The lowest BCUT2D eigenvalue weighted by Crippen LogP contribution is -2.58. The molecule has 2 aromatic rings. The Morgan fingerprint density at radius 3 is 2.56 bits per heavy atom. The van der Waals surface area contributed by atoms with Gasteiger partial charge in [0.25, 0.3) is 0 Å². The van der Waals surface area contributed by atoms with Crippen LogP contribution in [-0.2, 0) is 11.2 Å². The van der Waals surface area contributed by atoms with E-state index in [0.717, 1.165) is 37.1 Å². The summed E-state index contributed by atoms with van der Waals surface area (Å²) in [5, 5.41) is 3.66. The van der Waals surface area contributed by atoms with Gasteiger partial charge in [0.15, 0.2) is 0 Å². The summed E-state index contributed by atoms with van der Waals surface area (Å²) in [5.74, 6) is 0.134. The maximum atomic E-state index is 12.2. The zero-order valence-electron chi connectivity index (χ0n) is 16.8. The van der Waals surface area contributed by atoms with Crippen LogP contribution in [-0.4, -0.2) is 42.5 Å². The molecule has 0 heterocycles. The average molecular weight is 364 g/mol. The predicted octanol–water partition coefficient (Wildman–Crippen LogP) is 4.67. The SMILES string of the molecule is C=CC(=O)C(C)[N+](CC)(CC)CCNc1cccc2c1Cc1ccccc1-2. The van der Waals surface area contributed by atoms with Gasteiger partial charge in [0, 0.05) is 12.1 Å². The number of fused-ring (bicyclic) bond motifs is 3. The number of hydrogen-bond acceptors (Lipinski definition) is 2. The molecular formula is C24H31N2O+. The van der Waals surface area contributed by atoms with E-state index in [-0.39, 0.29) is 11.8 Å². The molecule has 1 N–H and O–H groups in total. The van der Waals surface area contributed by atoms with Gasteiger partial charge in [-0.05, 0) is 55.2 Å². The van der Waals surface area contributed by atoms with Crippen molar-refractivity contribution in [2.45, 2.75) is 33.2 Å². The molecule has 1 atom stereocenters. The summed E-state index contributed by atoms with van der Waals surface area (Å²) in [7, 11) is 0. The Hall–Kier alpha value is -2.39. The third-order valence-electron chi connectivity index (χ3n) is 6.42. The van der Waals surface area contributed by atoms with Crippen molar-refractivity contribution >= 4 is 11.5 Å². The smallest absolute Gasteiger partial charge is 0.211 e. The number of rotatable bonds is 9. The van der Waals surface area contributed by atoms with Crippen LogP contribution < -0.4 is 5.32 Å². The van der Waals surface area contributed by atoms with E-state index in [2.05, 4.69) is 68.2 Å². The van der Waals surface area contributed by atoms with Crippen molar-refractivity contribution in [3.63, 3.8) is 0 Å². The van der Waals surface area contributed by atoms with E-state index in [1.165, 1.54) is 34.0 Å². The minimum Gasteiger partial charge on any atom is -0.379 e. The third kappa shape index (κ3) is 3.57. The standard InChI is InChI=1S/C24H31N2O/c1-5-24(27)18(4)26(6-2,7-3)16-15-25-23-14-10-13-21-20-12-9-8-11-19(20)17-22(21)23/h5,8-14,18,25H,1,6-7,15-17H2,2-4H3/q+1. The van der Waals surface area contributed by atoms with Crippen LogP contribution in [0.25, 0.3) is 11.1 Å². The zero-order chi connectivity index (χ0) is 19.4. The number of carbonyl (C=O) groups excluding carboxylic acids is 1. The molecule has 0 saturated heterocycles. The maximum Gasteiger partial charge on any atom is 0.211 e. The molecule has 0 spiro atoms. The third-order valence-corrected chi connectivity index (χ3v) is 6.42. The Kier molecular flexibility index (Phi) is 5.81. The largest absolute Gasteiger partial charge is 0.379 e. The van der Waals surface area contributed by atoms with Crippen LogP contribution in [0.4, 0.5) is 5.69 Å². The maximum absolute atomic E-state index is 12.2. The quantitative estimate of drug-likeness (QED) is 0.442. The molecule has 27 heavy (non-hydrogen) atoms. The normalized spacial score (nSPS) is 13.6. The van der Waals surface area contributed by atoms with Crippen LogP contribution in [0.2, 0.25) is 0 Å². The van der Waals surface area contributed by atoms with Gasteiger partial charge in [-0.2, -0.15) is 0 Å². The molecule has 1 aliphatic carbocycles. The summed E-state index contributed by atoms with van der Waals surface area (Å²) in [5.41, 5.74) is 6.71. The first-order valence-corrected chi connectivity index (χ1v) is 10.0. The van der Waals surface area contributed by atoms with Crippen LogP contribution >= 0.6 is 0 Å². The van der Waals surface area contributed by atoms with E-state index in [4.69, 9.17) is 0 Å². The van der Waals surface area contributed by atoms with E-state index < -0.39 is 0 Å². The lowest BCUT2D eigenvalue weighted by atomic mass is 10.0. The predicted molar refractivity (Wildman–Crippen MR) is 114 cm³/mol. The molecule has 142 valence electrons. The van der Waals surface area contributed by atoms with E-state index >= 15 is 0 Å². The second-order valence-electron chi connectivity index (χ2n) is 7.45. The summed E-state index contributed by atoms with van der Waals surface area (Å²) in [4.78, 5) is 12.2. The van der Waals surface area contributed by atoms with Crippen molar-refractivity contribution in [2.24, 2.45) is 0 Å². The Morgan fingerprint density at radius 2 is 1.85 bits per heavy atom. The first kappa shape index (κ1) is 19.4. The first-order chi connectivity index (χ1) is 13.1. The molecule has 1 unspecified atom stereocenters. The molecule has 3 rings (SSSR count). The highest BCUT2D eigenvalue weighted by Gasteiger charge is 2.34. The molecule has 3 nitrogen and oxygen atoms in total. The van der Waals surface area contributed by atoms with Gasteiger partial charge in [-0.3, -0.25) is 4.79 Å². The summed E-state index contributed by atoms with van der Waals surface area (Å²) >= 11 is 0. The Morgan fingerprint density at radius 1 is 1.15 bits per heavy atom. The highest BCUT2D eigenvalue weighted by atomic mass is 16.1. The minimum absolute atomic E-state index is 0.0509. The van der Waals surface area contributed by atoms with Crippen molar-refractivity contribution in [3.8, 4) is 11.1 Å². The molecule has 2 aromatic carbocycles. The lowest BCUT2D eigenvalue weighted by molar-refractivity contribution is -0.936. The molecule has 0 aromatic heterocycles. The number of likely N-dealkylation sites (N-methyl/N-ethyl adjacent to an activating group) is 1. The fourth-order valence-corrected chi connectivity index (χ4v) is 4.46. The molecule has 0 aliphatic heterocycles. The molecule has 3 heteroatoms. The Balaban J connectivity index is 1.74. The highest BCUT2D eigenvalue weighted by molar-refractivity contribution is 5.92. The van der Waals surface area contributed by atoms with Gasteiger partial charge in [-0.25, -0.2) is 0 Å². The van der Waals surface area contributed by atoms with Crippen LogP contribution in [0, 0.1) is 0 Å². The fraction of sp³-hybridized carbons (Fsp3) is 0.375. The van der Waals surface area contributed by atoms with Gasteiger partial charge in [0.1, 0.15) is 6.04 Å². The second-order valence-corrected chi connectivity index (χ2v) is 7.45. The van der Waals surface area contributed by atoms with Crippen molar-refractivity contribution < 1.29 is 9.28 Å². The van der Waals surface area contributed by atoms with E-state index in [1.807, 2.05) is 6.92 Å². The first-order valence-electron chi connectivity index (χ1n) is 10.0. The summed E-state index contributed by atoms with van der Waals surface area (Å²) in [6.45, 7) is 13.7. The van der Waals surface area contributed by atoms with E-state index in [9.17, 15) is 4.79 Å². The lowest BCUT2D eigenvalue weighted by Gasteiger charge is -2.41. The van der Waals surface area contributed by atoms with Crippen LogP contribution in [0.5, 0.6) is 0 Å². The van der Waals surface area contributed by atoms with Gasteiger partial charge >= 0.3 is 0 Å². The second kappa shape index (κ2) is 8.10. The summed E-state index contributed by atoms with van der Waals surface area (Å²) in [6, 6.07) is 15.1. The number of nitrogens with zero attached hydrogens (tertiary/aromatic N) is 1. The molecule has 0 fully saturated rings. The van der Waals surface area contributed by atoms with Crippen molar-refractivity contribution in [2.75, 3.05) is 31.5 Å². The van der Waals surface area contributed by atoms with E-state index in [0.29, 0.717) is 0 Å². The van der Waals surface area contributed by atoms with Crippen molar-refractivity contribution in [1.29, 1.82) is 0 Å². The number of anilines is 1. The number of quaternary nitrogens is 1. The van der Waals surface area contributed by atoms with Gasteiger partial charge in [-0.15, -0.1) is 0 Å². The average Bonchev–Trinajstić information content (AvgIpc) is 3.10. The molecule has 0 bridgehead atoms. The molecule has 1 aliphatic rings. The summed E-state index contributed by atoms with van der Waals surface area (Å²) < 4.78 is 0.785. The molecular weight excluding hydrogens is 332 g/mol. The number of nitrogens with one attached hydrogen (secondary N) is 1. The van der Waals surface area contributed by atoms with Crippen LogP contribution in [0.1, 0.15) is 31.9 Å².